The molecule has 0 saturated heterocycles. The number of aliphatic hydroxyl groups excluding tert-OH is 1. The summed E-state index contributed by atoms with van der Waals surface area (Å²) < 4.78 is 0. The molecular weight excluding hydrogens is 250 g/mol. The van der Waals surface area contributed by atoms with Crippen LogP contribution in [-0.2, 0) is 4.79 Å². The number of carbonyl (C=O) groups is 1. The van der Waals surface area contributed by atoms with E-state index in [-0.39, 0.29) is 24.0 Å². The van der Waals surface area contributed by atoms with Crippen LogP contribution in [0, 0.1) is 29.6 Å². The summed E-state index contributed by atoms with van der Waals surface area (Å²) >= 11 is 0. The summed E-state index contributed by atoms with van der Waals surface area (Å²) in [6.07, 6.45) is 8.11. The molecule has 1 unspecified atom stereocenters. The maximum atomic E-state index is 12.8. The van der Waals surface area contributed by atoms with Gasteiger partial charge in [-0.05, 0) is 75.5 Å². The van der Waals surface area contributed by atoms with E-state index in [1.165, 1.54) is 32.1 Å². The highest BCUT2D eigenvalue weighted by atomic mass is 16.3. The normalized spacial score (nSPS) is 41.5. The molecule has 0 radical (unpaired) electrons. The van der Waals surface area contributed by atoms with Gasteiger partial charge in [0, 0.05) is 18.1 Å². The lowest BCUT2D eigenvalue weighted by atomic mass is 9.51. The van der Waals surface area contributed by atoms with Crippen molar-refractivity contribution in [2.45, 2.75) is 64.3 Å². The number of rotatable bonds is 5. The molecule has 20 heavy (non-hydrogen) atoms. The molecule has 4 aliphatic rings. The Bertz CT molecular complexity index is 353. The first-order chi connectivity index (χ1) is 9.54. The number of amides is 1. The van der Waals surface area contributed by atoms with E-state index in [4.69, 9.17) is 0 Å². The van der Waals surface area contributed by atoms with Crippen molar-refractivity contribution >= 4 is 5.91 Å². The fourth-order valence-electron chi connectivity index (χ4n) is 5.31. The molecule has 4 aliphatic carbocycles. The smallest absolute Gasteiger partial charge is 0.224 e. The first kappa shape index (κ1) is 14.4. The molecule has 2 N–H and O–H groups in total. The second-order valence-electron chi connectivity index (χ2n) is 7.83. The molecular formula is C17H29NO2. The van der Waals surface area contributed by atoms with Crippen molar-refractivity contribution < 1.29 is 9.90 Å². The summed E-state index contributed by atoms with van der Waals surface area (Å²) in [6, 6.07) is 0. The summed E-state index contributed by atoms with van der Waals surface area (Å²) in [5, 5.41) is 12.5. The molecule has 4 bridgehead atoms. The van der Waals surface area contributed by atoms with Gasteiger partial charge in [0.2, 0.25) is 5.91 Å². The third-order valence-electron chi connectivity index (χ3n) is 6.40. The standard InChI is InChI=1S/C17H29NO2/c1-3-17(2,4-5-19)18-16(20)15-13-7-11-6-12(9-13)10-14(15)8-11/h11-15,19H,3-10H2,1-2H3,(H,18,20). The summed E-state index contributed by atoms with van der Waals surface area (Å²) in [5.74, 6) is 3.64. The molecule has 114 valence electrons. The van der Waals surface area contributed by atoms with Gasteiger partial charge in [-0.25, -0.2) is 0 Å². The van der Waals surface area contributed by atoms with E-state index in [1.54, 1.807) is 0 Å². The fourth-order valence-corrected chi connectivity index (χ4v) is 5.31. The Kier molecular flexibility index (Phi) is 3.83. The number of nitrogens with one attached hydrogen (secondary N) is 1. The van der Waals surface area contributed by atoms with E-state index in [0.717, 1.165) is 18.3 Å². The second-order valence-corrected chi connectivity index (χ2v) is 7.83. The number of aliphatic hydroxyl groups is 1. The summed E-state index contributed by atoms with van der Waals surface area (Å²) in [6.45, 7) is 4.30. The van der Waals surface area contributed by atoms with Crippen LogP contribution < -0.4 is 5.32 Å². The van der Waals surface area contributed by atoms with Gasteiger partial charge in [-0.1, -0.05) is 6.92 Å². The third-order valence-corrected chi connectivity index (χ3v) is 6.40. The van der Waals surface area contributed by atoms with Crippen molar-refractivity contribution in [3.8, 4) is 0 Å². The summed E-state index contributed by atoms with van der Waals surface area (Å²) in [7, 11) is 0. The van der Waals surface area contributed by atoms with Crippen molar-refractivity contribution in [3.63, 3.8) is 0 Å². The van der Waals surface area contributed by atoms with Crippen LogP contribution in [0.3, 0.4) is 0 Å². The van der Waals surface area contributed by atoms with Crippen LogP contribution in [0.5, 0.6) is 0 Å². The minimum absolute atomic E-state index is 0.145. The molecule has 4 rings (SSSR count). The van der Waals surface area contributed by atoms with E-state index in [2.05, 4.69) is 19.2 Å². The quantitative estimate of drug-likeness (QED) is 0.813. The maximum absolute atomic E-state index is 12.8. The Morgan fingerprint density at radius 3 is 2.15 bits per heavy atom. The predicted molar refractivity (Wildman–Crippen MR) is 79.1 cm³/mol. The van der Waals surface area contributed by atoms with Crippen molar-refractivity contribution in [1.82, 2.24) is 5.32 Å². The molecule has 0 spiro atoms. The van der Waals surface area contributed by atoms with Crippen LogP contribution in [0.2, 0.25) is 0 Å². The van der Waals surface area contributed by atoms with Crippen molar-refractivity contribution in [2.24, 2.45) is 29.6 Å². The Labute approximate surface area is 122 Å². The lowest BCUT2D eigenvalue weighted by Crippen LogP contribution is -2.55. The van der Waals surface area contributed by atoms with Gasteiger partial charge in [-0.2, -0.15) is 0 Å². The molecule has 3 heteroatoms. The summed E-state index contributed by atoms with van der Waals surface area (Å²) in [5.41, 5.74) is -0.236. The van der Waals surface area contributed by atoms with Crippen molar-refractivity contribution in [1.29, 1.82) is 0 Å². The molecule has 0 aromatic rings. The highest BCUT2D eigenvalue weighted by molar-refractivity contribution is 5.80. The molecule has 1 atom stereocenters. The molecule has 4 saturated carbocycles. The number of hydrogen-bond donors (Lipinski definition) is 2. The van der Waals surface area contributed by atoms with E-state index < -0.39 is 0 Å². The molecule has 0 aliphatic heterocycles. The highest BCUT2D eigenvalue weighted by Gasteiger charge is 2.51. The lowest BCUT2D eigenvalue weighted by molar-refractivity contribution is -0.140. The number of carbonyl (C=O) groups excluding carboxylic acids is 1. The molecule has 0 heterocycles. The van der Waals surface area contributed by atoms with Gasteiger partial charge in [-0.15, -0.1) is 0 Å². The van der Waals surface area contributed by atoms with Gasteiger partial charge in [0.25, 0.3) is 0 Å². The van der Waals surface area contributed by atoms with Crippen LogP contribution in [0.1, 0.15) is 58.8 Å². The fraction of sp³-hybridized carbons (Fsp3) is 0.941. The average molecular weight is 279 g/mol. The van der Waals surface area contributed by atoms with Crippen LogP contribution in [0.4, 0.5) is 0 Å². The first-order valence-electron chi connectivity index (χ1n) is 8.47. The van der Waals surface area contributed by atoms with E-state index in [9.17, 15) is 9.90 Å². The monoisotopic (exact) mass is 279 g/mol. The van der Waals surface area contributed by atoms with Gasteiger partial charge in [-0.3, -0.25) is 4.79 Å². The molecule has 0 aromatic carbocycles. The van der Waals surface area contributed by atoms with E-state index in [0.29, 0.717) is 18.3 Å². The minimum Gasteiger partial charge on any atom is -0.396 e. The van der Waals surface area contributed by atoms with Crippen molar-refractivity contribution in [3.05, 3.63) is 0 Å². The van der Waals surface area contributed by atoms with Crippen LogP contribution in [0.15, 0.2) is 0 Å². The van der Waals surface area contributed by atoms with Crippen molar-refractivity contribution in [2.75, 3.05) is 6.61 Å². The Hall–Kier alpha value is -0.570. The number of hydrogen-bond acceptors (Lipinski definition) is 2. The topological polar surface area (TPSA) is 49.3 Å². The highest BCUT2D eigenvalue weighted by Crippen LogP contribution is 2.56. The van der Waals surface area contributed by atoms with Gasteiger partial charge in [0.1, 0.15) is 0 Å². The van der Waals surface area contributed by atoms with Crippen LogP contribution in [0.25, 0.3) is 0 Å². The average Bonchev–Trinajstić information content (AvgIpc) is 2.37. The van der Waals surface area contributed by atoms with Crippen LogP contribution in [-0.4, -0.2) is 23.2 Å². The lowest BCUT2D eigenvalue weighted by Gasteiger charge is -2.54. The third kappa shape index (κ3) is 2.49. The van der Waals surface area contributed by atoms with Gasteiger partial charge in [0.05, 0.1) is 0 Å². The Balaban J connectivity index is 1.68. The zero-order valence-corrected chi connectivity index (χ0v) is 12.9. The molecule has 4 fully saturated rings. The van der Waals surface area contributed by atoms with Gasteiger partial charge in [0.15, 0.2) is 0 Å². The molecule has 0 aromatic heterocycles. The Morgan fingerprint density at radius 2 is 1.70 bits per heavy atom. The molecule has 3 nitrogen and oxygen atoms in total. The zero-order chi connectivity index (χ0) is 14.3. The summed E-state index contributed by atoms with van der Waals surface area (Å²) in [4.78, 5) is 12.8. The predicted octanol–water partition coefficient (Wildman–Crippen LogP) is 2.73. The van der Waals surface area contributed by atoms with Gasteiger partial charge >= 0.3 is 0 Å². The van der Waals surface area contributed by atoms with E-state index >= 15 is 0 Å². The largest absolute Gasteiger partial charge is 0.396 e. The first-order valence-corrected chi connectivity index (χ1v) is 8.47. The van der Waals surface area contributed by atoms with E-state index in [1.807, 2.05) is 0 Å². The Morgan fingerprint density at radius 1 is 1.15 bits per heavy atom. The minimum atomic E-state index is -0.236. The molecule has 1 amide bonds. The maximum Gasteiger partial charge on any atom is 0.224 e. The zero-order valence-electron chi connectivity index (χ0n) is 12.9. The second kappa shape index (κ2) is 5.32. The SMILES string of the molecule is CCC(C)(CCO)NC(=O)C1C2CC3CC(C2)CC1C3. The van der Waals surface area contributed by atoms with Crippen LogP contribution >= 0.6 is 0 Å². The van der Waals surface area contributed by atoms with Gasteiger partial charge < -0.3 is 10.4 Å².